The molecule has 0 bridgehead atoms. The number of rotatable bonds is 6. The van der Waals surface area contributed by atoms with Gasteiger partial charge in [0.25, 0.3) is 0 Å². The fourth-order valence-corrected chi connectivity index (χ4v) is 3.58. The Balaban J connectivity index is 1.50. The zero-order valence-corrected chi connectivity index (χ0v) is 14.8. The molecule has 0 unspecified atom stereocenters. The number of aromatic carboxylic acids is 1. The lowest BCUT2D eigenvalue weighted by atomic mass is 10.0. The molecular weight excluding hydrogens is 312 g/mol. The van der Waals surface area contributed by atoms with Crippen molar-refractivity contribution in [3.8, 4) is 0 Å². The van der Waals surface area contributed by atoms with Crippen LogP contribution in [0.1, 0.15) is 34.3 Å². The van der Waals surface area contributed by atoms with Crippen molar-refractivity contribution in [3.63, 3.8) is 0 Å². The molecule has 25 heavy (non-hydrogen) atoms. The van der Waals surface area contributed by atoms with Gasteiger partial charge in [-0.15, -0.1) is 0 Å². The molecule has 0 amide bonds. The van der Waals surface area contributed by atoms with Crippen LogP contribution in [0.5, 0.6) is 0 Å². The number of nitrogens with zero attached hydrogens (tertiary/aromatic N) is 2. The second-order valence-corrected chi connectivity index (χ2v) is 6.91. The molecular formula is C21H26N2O2. The van der Waals surface area contributed by atoms with Gasteiger partial charge in [-0.2, -0.15) is 0 Å². The summed E-state index contributed by atoms with van der Waals surface area (Å²) in [5, 5.41) is 9.12. The van der Waals surface area contributed by atoms with Crippen LogP contribution >= 0.6 is 0 Å². The third-order valence-electron chi connectivity index (χ3n) is 5.04. The van der Waals surface area contributed by atoms with Crippen molar-refractivity contribution in [1.29, 1.82) is 0 Å². The molecule has 0 radical (unpaired) electrons. The van der Waals surface area contributed by atoms with E-state index in [2.05, 4.69) is 47.2 Å². The van der Waals surface area contributed by atoms with Crippen molar-refractivity contribution in [1.82, 2.24) is 9.80 Å². The van der Waals surface area contributed by atoms with Gasteiger partial charge in [0.2, 0.25) is 0 Å². The van der Waals surface area contributed by atoms with E-state index in [4.69, 9.17) is 5.11 Å². The molecule has 3 rings (SSSR count). The summed E-state index contributed by atoms with van der Waals surface area (Å²) in [4.78, 5) is 16.0. The topological polar surface area (TPSA) is 43.8 Å². The maximum Gasteiger partial charge on any atom is 0.335 e. The highest BCUT2D eigenvalue weighted by Gasteiger charge is 2.22. The molecule has 0 aromatic heterocycles. The molecule has 1 aliphatic heterocycles. The molecule has 1 heterocycles. The van der Waals surface area contributed by atoms with Crippen LogP contribution < -0.4 is 0 Å². The Bertz CT molecular complexity index is 694. The molecule has 132 valence electrons. The molecule has 1 N–H and O–H groups in total. The smallest absolute Gasteiger partial charge is 0.335 e. The zero-order chi connectivity index (χ0) is 17.6. The predicted molar refractivity (Wildman–Crippen MR) is 99.6 cm³/mol. The third kappa shape index (κ3) is 4.91. The highest BCUT2D eigenvalue weighted by atomic mass is 16.4. The van der Waals surface area contributed by atoms with Crippen LogP contribution in [0.4, 0.5) is 0 Å². The number of hydrogen-bond acceptors (Lipinski definition) is 3. The van der Waals surface area contributed by atoms with Gasteiger partial charge in [-0.3, -0.25) is 9.80 Å². The molecule has 1 saturated heterocycles. The molecule has 2 aromatic rings. The Kier molecular flexibility index (Phi) is 5.84. The van der Waals surface area contributed by atoms with Gasteiger partial charge in [0, 0.05) is 19.1 Å². The number of carboxylic acids is 1. The molecule has 4 nitrogen and oxygen atoms in total. The molecule has 1 fully saturated rings. The lowest BCUT2D eigenvalue weighted by Gasteiger charge is -2.37. The maximum absolute atomic E-state index is 11.1. The quantitative estimate of drug-likeness (QED) is 0.876. The normalized spacial score (nSPS) is 16.2. The number of hydrogen-bond donors (Lipinski definition) is 1. The standard InChI is InChI=1S/C21H26N2O2/c1-22(15-18-8-5-9-19(14-18)21(24)25)20-10-12-23(13-11-20)16-17-6-3-2-4-7-17/h2-9,14,20H,10-13,15-16H2,1H3,(H,24,25). The van der Waals surface area contributed by atoms with E-state index in [1.165, 1.54) is 5.56 Å². The maximum atomic E-state index is 11.1. The minimum atomic E-state index is -0.862. The first-order chi connectivity index (χ1) is 12.1. The van der Waals surface area contributed by atoms with Crippen molar-refractivity contribution in [2.24, 2.45) is 0 Å². The van der Waals surface area contributed by atoms with Crippen LogP contribution in [0, 0.1) is 0 Å². The van der Waals surface area contributed by atoms with Crippen molar-refractivity contribution >= 4 is 5.97 Å². The molecule has 0 spiro atoms. The first-order valence-electron chi connectivity index (χ1n) is 8.90. The molecule has 2 aromatic carbocycles. The Morgan fingerprint density at radius 2 is 1.76 bits per heavy atom. The highest BCUT2D eigenvalue weighted by Crippen LogP contribution is 2.19. The van der Waals surface area contributed by atoms with E-state index in [9.17, 15) is 4.79 Å². The Hall–Kier alpha value is -2.17. The van der Waals surface area contributed by atoms with Crippen molar-refractivity contribution in [2.75, 3.05) is 20.1 Å². The summed E-state index contributed by atoms with van der Waals surface area (Å²) in [6.07, 6.45) is 2.31. The average Bonchev–Trinajstić information content (AvgIpc) is 2.63. The largest absolute Gasteiger partial charge is 0.478 e. The van der Waals surface area contributed by atoms with Crippen LogP contribution in [0.15, 0.2) is 54.6 Å². The van der Waals surface area contributed by atoms with Crippen LogP contribution in [0.3, 0.4) is 0 Å². The van der Waals surface area contributed by atoms with Gasteiger partial charge in [0.1, 0.15) is 0 Å². The van der Waals surface area contributed by atoms with E-state index in [0.29, 0.717) is 11.6 Å². The number of benzene rings is 2. The van der Waals surface area contributed by atoms with Gasteiger partial charge >= 0.3 is 5.97 Å². The molecule has 4 heteroatoms. The summed E-state index contributed by atoms with van der Waals surface area (Å²) in [5.74, 6) is -0.862. The molecule has 0 aliphatic carbocycles. The van der Waals surface area contributed by atoms with Crippen molar-refractivity contribution < 1.29 is 9.90 Å². The minimum Gasteiger partial charge on any atom is -0.478 e. The van der Waals surface area contributed by atoms with Gasteiger partial charge in [0.05, 0.1) is 5.56 Å². The zero-order valence-electron chi connectivity index (χ0n) is 14.8. The summed E-state index contributed by atoms with van der Waals surface area (Å²) in [7, 11) is 2.14. The van der Waals surface area contributed by atoms with Gasteiger partial charge in [-0.05, 0) is 56.2 Å². The summed E-state index contributed by atoms with van der Waals surface area (Å²) in [5.41, 5.74) is 2.80. The summed E-state index contributed by atoms with van der Waals surface area (Å²) in [6.45, 7) is 4.04. The van der Waals surface area contributed by atoms with E-state index in [0.717, 1.165) is 44.6 Å². The Morgan fingerprint density at radius 3 is 2.44 bits per heavy atom. The second kappa shape index (κ2) is 8.28. The van der Waals surface area contributed by atoms with Gasteiger partial charge in [0.15, 0.2) is 0 Å². The summed E-state index contributed by atoms with van der Waals surface area (Å²) >= 11 is 0. The second-order valence-electron chi connectivity index (χ2n) is 6.91. The Morgan fingerprint density at radius 1 is 1.08 bits per heavy atom. The van der Waals surface area contributed by atoms with E-state index in [-0.39, 0.29) is 0 Å². The van der Waals surface area contributed by atoms with Crippen molar-refractivity contribution in [3.05, 3.63) is 71.3 Å². The SMILES string of the molecule is CN(Cc1cccc(C(=O)O)c1)C1CCN(Cc2ccccc2)CC1. The predicted octanol–water partition coefficient (Wildman–Crippen LogP) is 3.48. The van der Waals surface area contributed by atoms with Crippen LogP contribution in [0.25, 0.3) is 0 Å². The molecule has 0 saturated carbocycles. The summed E-state index contributed by atoms with van der Waals surface area (Å²) in [6, 6.07) is 18.5. The van der Waals surface area contributed by atoms with Crippen LogP contribution in [-0.2, 0) is 13.1 Å². The third-order valence-corrected chi connectivity index (χ3v) is 5.04. The van der Waals surface area contributed by atoms with Gasteiger partial charge < -0.3 is 5.11 Å². The van der Waals surface area contributed by atoms with Crippen molar-refractivity contribution in [2.45, 2.75) is 32.0 Å². The van der Waals surface area contributed by atoms with Gasteiger partial charge in [-0.25, -0.2) is 4.79 Å². The fourth-order valence-electron chi connectivity index (χ4n) is 3.58. The fraction of sp³-hybridized carbons (Fsp3) is 0.381. The highest BCUT2D eigenvalue weighted by molar-refractivity contribution is 5.87. The lowest BCUT2D eigenvalue weighted by Crippen LogP contribution is -2.42. The average molecular weight is 338 g/mol. The first kappa shape index (κ1) is 17.6. The summed E-state index contributed by atoms with van der Waals surface area (Å²) < 4.78 is 0. The van der Waals surface area contributed by atoms with Crippen LogP contribution in [0.2, 0.25) is 0 Å². The monoisotopic (exact) mass is 338 g/mol. The van der Waals surface area contributed by atoms with Crippen LogP contribution in [-0.4, -0.2) is 47.1 Å². The van der Waals surface area contributed by atoms with E-state index < -0.39 is 5.97 Å². The number of likely N-dealkylation sites (tertiary alicyclic amines) is 1. The Labute approximate surface area is 149 Å². The number of carboxylic acid groups (broad SMARTS) is 1. The molecule has 0 atom stereocenters. The van der Waals surface area contributed by atoms with E-state index >= 15 is 0 Å². The number of piperidine rings is 1. The minimum absolute atomic E-state index is 0.364. The van der Waals surface area contributed by atoms with Gasteiger partial charge in [-0.1, -0.05) is 42.5 Å². The number of carbonyl (C=O) groups is 1. The van der Waals surface area contributed by atoms with E-state index in [1.54, 1.807) is 12.1 Å². The molecule has 1 aliphatic rings. The van der Waals surface area contributed by atoms with E-state index in [1.807, 2.05) is 12.1 Å². The first-order valence-corrected chi connectivity index (χ1v) is 8.90. The lowest BCUT2D eigenvalue weighted by molar-refractivity contribution is 0.0696.